The van der Waals surface area contributed by atoms with Gasteiger partial charge in [0.25, 0.3) is 5.56 Å². The zero-order chi connectivity index (χ0) is 23.7. The number of benzene rings is 2. The van der Waals surface area contributed by atoms with Gasteiger partial charge < -0.3 is 4.74 Å². The third-order valence-electron chi connectivity index (χ3n) is 5.27. The monoisotopic (exact) mass is 489 g/mol. The molecule has 0 radical (unpaired) electrons. The lowest BCUT2D eigenvalue weighted by molar-refractivity contribution is 0.415. The van der Waals surface area contributed by atoms with Gasteiger partial charge in [0.2, 0.25) is 0 Å². The Morgan fingerprint density at radius 2 is 1.85 bits per heavy atom. The first-order valence-electron chi connectivity index (χ1n) is 10.5. The second-order valence-electron chi connectivity index (χ2n) is 7.66. The SMILES string of the molecule is COc1cccc(-c2nnc(SCc3cc(=O)n4ccc(C)cc4n3)n2-c2ccc(Cl)cc2)c1. The van der Waals surface area contributed by atoms with Crippen molar-refractivity contribution in [2.75, 3.05) is 7.11 Å². The van der Waals surface area contributed by atoms with Crippen LogP contribution in [0.15, 0.2) is 82.9 Å². The summed E-state index contributed by atoms with van der Waals surface area (Å²) in [6, 6.07) is 20.5. The number of pyridine rings is 1. The van der Waals surface area contributed by atoms with Crippen molar-refractivity contribution in [1.82, 2.24) is 24.1 Å². The highest BCUT2D eigenvalue weighted by Gasteiger charge is 2.17. The maximum atomic E-state index is 12.5. The molecule has 0 saturated heterocycles. The highest BCUT2D eigenvalue weighted by molar-refractivity contribution is 7.98. The normalized spacial score (nSPS) is 11.1. The number of rotatable bonds is 6. The van der Waals surface area contributed by atoms with Crippen LogP contribution >= 0.6 is 23.4 Å². The van der Waals surface area contributed by atoms with Gasteiger partial charge in [0, 0.05) is 34.3 Å². The number of fused-ring (bicyclic) bond motifs is 1. The van der Waals surface area contributed by atoms with Gasteiger partial charge in [0.1, 0.15) is 11.4 Å². The first kappa shape index (κ1) is 22.2. The molecular formula is C25H20ClN5O2S. The van der Waals surface area contributed by atoms with Gasteiger partial charge in [-0.05, 0) is 61.0 Å². The first-order chi connectivity index (χ1) is 16.5. The molecule has 34 heavy (non-hydrogen) atoms. The molecular weight excluding hydrogens is 470 g/mol. The predicted molar refractivity (Wildman–Crippen MR) is 134 cm³/mol. The van der Waals surface area contributed by atoms with Crippen LogP contribution in [0.3, 0.4) is 0 Å². The van der Waals surface area contributed by atoms with Crippen LogP contribution in [0.1, 0.15) is 11.3 Å². The van der Waals surface area contributed by atoms with Crippen LogP contribution < -0.4 is 10.3 Å². The number of nitrogens with zero attached hydrogens (tertiary/aromatic N) is 5. The van der Waals surface area contributed by atoms with Crippen LogP contribution in [0.4, 0.5) is 0 Å². The van der Waals surface area contributed by atoms with E-state index in [1.165, 1.54) is 16.2 Å². The van der Waals surface area contributed by atoms with Crippen molar-refractivity contribution in [2.45, 2.75) is 17.8 Å². The van der Waals surface area contributed by atoms with Crippen molar-refractivity contribution in [2.24, 2.45) is 0 Å². The molecule has 0 N–H and O–H groups in total. The maximum Gasteiger partial charge on any atom is 0.258 e. The van der Waals surface area contributed by atoms with Crippen LogP contribution in [-0.2, 0) is 5.75 Å². The molecule has 0 aliphatic heterocycles. The minimum Gasteiger partial charge on any atom is -0.497 e. The lowest BCUT2D eigenvalue weighted by Crippen LogP contribution is -2.15. The fourth-order valence-electron chi connectivity index (χ4n) is 3.60. The zero-order valence-corrected chi connectivity index (χ0v) is 20.0. The van der Waals surface area contributed by atoms with Crippen molar-refractivity contribution in [3.8, 4) is 22.8 Å². The molecule has 0 fully saturated rings. The average Bonchev–Trinajstić information content (AvgIpc) is 3.27. The quantitative estimate of drug-likeness (QED) is 0.305. The molecule has 5 aromatic rings. The number of thioether (sulfide) groups is 1. The Kier molecular flexibility index (Phi) is 6.08. The summed E-state index contributed by atoms with van der Waals surface area (Å²) < 4.78 is 8.89. The van der Waals surface area contributed by atoms with Crippen molar-refractivity contribution >= 4 is 29.0 Å². The molecule has 5 rings (SSSR count). The number of aromatic nitrogens is 5. The number of hydrogen-bond acceptors (Lipinski definition) is 6. The fourth-order valence-corrected chi connectivity index (χ4v) is 4.57. The van der Waals surface area contributed by atoms with E-state index in [4.69, 9.17) is 16.3 Å². The van der Waals surface area contributed by atoms with Crippen molar-refractivity contribution < 1.29 is 4.74 Å². The molecule has 9 heteroatoms. The molecule has 0 aliphatic carbocycles. The lowest BCUT2D eigenvalue weighted by Gasteiger charge is -2.11. The summed E-state index contributed by atoms with van der Waals surface area (Å²) in [5.74, 6) is 1.86. The van der Waals surface area contributed by atoms with Gasteiger partial charge in [0.15, 0.2) is 11.0 Å². The standard InChI is InChI=1S/C25H20ClN5O2S/c1-16-10-11-30-22(12-16)27-19(14-23(30)32)15-34-25-29-28-24(17-4-3-5-21(13-17)33-2)31(25)20-8-6-18(26)7-9-20/h3-14H,15H2,1-2H3. The van der Waals surface area contributed by atoms with Gasteiger partial charge in [-0.15, -0.1) is 10.2 Å². The van der Waals surface area contributed by atoms with Crippen molar-refractivity contribution in [1.29, 1.82) is 0 Å². The van der Waals surface area contributed by atoms with Crippen LogP contribution in [0, 0.1) is 6.92 Å². The van der Waals surface area contributed by atoms with Gasteiger partial charge in [0.05, 0.1) is 12.8 Å². The van der Waals surface area contributed by atoms with Crippen LogP contribution in [-0.4, -0.2) is 31.3 Å². The second-order valence-corrected chi connectivity index (χ2v) is 9.04. The predicted octanol–water partition coefficient (Wildman–Crippen LogP) is 5.20. The fraction of sp³-hybridized carbons (Fsp3) is 0.120. The molecule has 170 valence electrons. The summed E-state index contributed by atoms with van der Waals surface area (Å²) >= 11 is 7.58. The van der Waals surface area contributed by atoms with E-state index in [1.54, 1.807) is 19.4 Å². The highest BCUT2D eigenvalue weighted by atomic mass is 35.5. The van der Waals surface area contributed by atoms with Gasteiger partial charge in [-0.2, -0.15) is 0 Å². The molecule has 3 aromatic heterocycles. The molecule has 0 bridgehead atoms. The molecule has 0 unspecified atom stereocenters. The minimum atomic E-state index is -0.114. The van der Waals surface area contributed by atoms with Gasteiger partial charge in [-0.25, -0.2) is 4.98 Å². The summed E-state index contributed by atoms with van der Waals surface area (Å²) in [7, 11) is 1.63. The first-order valence-corrected chi connectivity index (χ1v) is 11.9. The Balaban J connectivity index is 1.54. The third kappa shape index (κ3) is 4.42. The lowest BCUT2D eigenvalue weighted by atomic mass is 10.2. The smallest absolute Gasteiger partial charge is 0.258 e. The Hall–Kier alpha value is -3.62. The molecule has 3 heterocycles. The Labute approximate surface area is 205 Å². The number of methoxy groups -OCH3 is 1. The van der Waals surface area contributed by atoms with Gasteiger partial charge in [-0.3, -0.25) is 13.8 Å². The maximum absolute atomic E-state index is 12.5. The van der Waals surface area contributed by atoms with Crippen molar-refractivity contribution in [3.63, 3.8) is 0 Å². The van der Waals surface area contributed by atoms with E-state index in [-0.39, 0.29) is 5.56 Å². The number of ether oxygens (including phenoxy) is 1. The van der Waals surface area contributed by atoms with Crippen molar-refractivity contribution in [3.05, 3.63) is 99.6 Å². The topological polar surface area (TPSA) is 74.3 Å². The molecule has 0 spiro atoms. The van der Waals surface area contributed by atoms with E-state index >= 15 is 0 Å². The van der Waals surface area contributed by atoms with Crippen LogP contribution in [0.5, 0.6) is 5.75 Å². The molecule has 0 atom stereocenters. The second kappa shape index (κ2) is 9.32. The average molecular weight is 490 g/mol. The Morgan fingerprint density at radius 3 is 2.65 bits per heavy atom. The zero-order valence-electron chi connectivity index (χ0n) is 18.5. The Bertz CT molecular complexity index is 1550. The van der Waals surface area contributed by atoms with E-state index in [2.05, 4.69) is 15.2 Å². The Morgan fingerprint density at radius 1 is 1.03 bits per heavy atom. The van der Waals surface area contributed by atoms with Crippen LogP contribution in [0.25, 0.3) is 22.7 Å². The highest BCUT2D eigenvalue weighted by Crippen LogP contribution is 2.31. The molecule has 0 aliphatic rings. The number of halogens is 1. The molecule has 2 aromatic carbocycles. The van der Waals surface area contributed by atoms with E-state index in [1.807, 2.05) is 72.2 Å². The van der Waals surface area contributed by atoms with Crippen LogP contribution in [0.2, 0.25) is 5.02 Å². The summed E-state index contributed by atoms with van der Waals surface area (Å²) in [6.07, 6.45) is 1.74. The third-order valence-corrected chi connectivity index (χ3v) is 6.49. The summed E-state index contributed by atoms with van der Waals surface area (Å²) in [6.45, 7) is 1.97. The summed E-state index contributed by atoms with van der Waals surface area (Å²) in [5, 5.41) is 10.2. The summed E-state index contributed by atoms with van der Waals surface area (Å²) in [4.78, 5) is 17.2. The van der Waals surface area contributed by atoms with E-state index < -0.39 is 0 Å². The van der Waals surface area contributed by atoms with E-state index in [9.17, 15) is 4.79 Å². The number of aryl methyl sites for hydroxylation is 1. The summed E-state index contributed by atoms with van der Waals surface area (Å²) in [5.41, 5.74) is 3.97. The molecule has 7 nitrogen and oxygen atoms in total. The molecule has 0 saturated carbocycles. The largest absolute Gasteiger partial charge is 0.497 e. The van der Waals surface area contributed by atoms with Gasteiger partial charge >= 0.3 is 0 Å². The van der Waals surface area contributed by atoms with Gasteiger partial charge in [-0.1, -0.05) is 35.5 Å². The number of hydrogen-bond donors (Lipinski definition) is 0. The minimum absolute atomic E-state index is 0.114. The van der Waals surface area contributed by atoms with E-state index in [0.717, 1.165) is 22.6 Å². The molecule has 0 amide bonds. The van der Waals surface area contributed by atoms with E-state index in [0.29, 0.717) is 33.1 Å².